The number of aryl methyl sites for hydroxylation is 2. The molecular weight excluding hydrogens is 348 g/mol. The molecule has 1 unspecified atom stereocenters. The standard InChI is InChI=1S/C21H22O6/c1-13-3-7-15(8-4-13)20(23)26-17-11-19(22)25-12-18(17)27-21(24)16-9-5-14(2)6-10-16/h3-10,17-19,22H,11-12H2,1-2H3/t17-,18+,19?/m0/s1. The van der Waals surface area contributed by atoms with Gasteiger partial charge < -0.3 is 19.3 Å². The van der Waals surface area contributed by atoms with E-state index in [2.05, 4.69) is 0 Å². The van der Waals surface area contributed by atoms with Crippen LogP contribution in [0.2, 0.25) is 0 Å². The molecule has 0 amide bonds. The lowest BCUT2D eigenvalue weighted by Gasteiger charge is -2.33. The number of ether oxygens (including phenoxy) is 3. The van der Waals surface area contributed by atoms with Crippen LogP contribution in [-0.2, 0) is 14.2 Å². The molecule has 1 aliphatic heterocycles. The Bertz CT molecular complexity index is 796. The van der Waals surface area contributed by atoms with Crippen LogP contribution in [0.4, 0.5) is 0 Å². The summed E-state index contributed by atoms with van der Waals surface area (Å²) in [7, 11) is 0. The number of esters is 2. The molecule has 1 aliphatic rings. The van der Waals surface area contributed by atoms with Crippen molar-refractivity contribution in [2.75, 3.05) is 6.61 Å². The van der Waals surface area contributed by atoms with Gasteiger partial charge in [0.15, 0.2) is 12.4 Å². The first-order valence-electron chi connectivity index (χ1n) is 8.77. The summed E-state index contributed by atoms with van der Waals surface area (Å²) in [6, 6.07) is 13.9. The first-order chi connectivity index (χ1) is 12.9. The van der Waals surface area contributed by atoms with Crippen molar-refractivity contribution in [1.82, 2.24) is 0 Å². The molecule has 27 heavy (non-hydrogen) atoms. The van der Waals surface area contributed by atoms with Crippen molar-refractivity contribution in [2.24, 2.45) is 0 Å². The maximum Gasteiger partial charge on any atom is 0.338 e. The summed E-state index contributed by atoms with van der Waals surface area (Å²) in [5.41, 5.74) is 2.85. The first kappa shape index (κ1) is 19.1. The maximum atomic E-state index is 12.4. The Morgan fingerprint density at radius 2 is 1.30 bits per heavy atom. The van der Waals surface area contributed by atoms with Crippen LogP contribution >= 0.6 is 0 Å². The molecule has 0 bridgehead atoms. The quantitative estimate of drug-likeness (QED) is 0.834. The predicted molar refractivity (Wildman–Crippen MR) is 97.3 cm³/mol. The number of rotatable bonds is 4. The van der Waals surface area contributed by atoms with Gasteiger partial charge in [0.2, 0.25) is 0 Å². The Labute approximate surface area is 157 Å². The van der Waals surface area contributed by atoms with Gasteiger partial charge in [-0.25, -0.2) is 9.59 Å². The summed E-state index contributed by atoms with van der Waals surface area (Å²) in [4.78, 5) is 24.7. The Kier molecular flexibility index (Phi) is 5.88. The fourth-order valence-corrected chi connectivity index (χ4v) is 2.76. The van der Waals surface area contributed by atoms with Crippen LogP contribution in [0, 0.1) is 13.8 Å². The monoisotopic (exact) mass is 370 g/mol. The molecule has 2 aromatic rings. The molecule has 3 rings (SSSR count). The Hall–Kier alpha value is -2.70. The van der Waals surface area contributed by atoms with Gasteiger partial charge in [-0.3, -0.25) is 0 Å². The van der Waals surface area contributed by atoms with Crippen LogP contribution in [0.15, 0.2) is 48.5 Å². The lowest BCUT2D eigenvalue weighted by molar-refractivity contribution is -0.194. The summed E-state index contributed by atoms with van der Waals surface area (Å²) >= 11 is 0. The van der Waals surface area contributed by atoms with Gasteiger partial charge in [-0.2, -0.15) is 0 Å². The molecule has 1 fully saturated rings. The topological polar surface area (TPSA) is 82.1 Å². The van der Waals surface area contributed by atoms with Crippen LogP contribution in [-0.4, -0.2) is 42.1 Å². The summed E-state index contributed by atoms with van der Waals surface area (Å²) < 4.78 is 16.1. The van der Waals surface area contributed by atoms with E-state index in [1.165, 1.54) is 0 Å². The summed E-state index contributed by atoms with van der Waals surface area (Å²) in [6.45, 7) is 3.79. The van der Waals surface area contributed by atoms with E-state index in [9.17, 15) is 14.7 Å². The average Bonchev–Trinajstić information content (AvgIpc) is 2.65. The number of benzene rings is 2. The molecular formula is C21H22O6. The second-order valence-corrected chi connectivity index (χ2v) is 6.64. The van der Waals surface area contributed by atoms with Crippen molar-refractivity contribution < 1.29 is 28.9 Å². The third kappa shape index (κ3) is 4.93. The fourth-order valence-electron chi connectivity index (χ4n) is 2.76. The van der Waals surface area contributed by atoms with Crippen LogP contribution in [0.25, 0.3) is 0 Å². The lowest BCUT2D eigenvalue weighted by atomic mass is 10.1. The van der Waals surface area contributed by atoms with Crippen molar-refractivity contribution in [3.63, 3.8) is 0 Å². The van der Waals surface area contributed by atoms with E-state index in [1.807, 2.05) is 38.1 Å². The molecule has 1 heterocycles. The minimum atomic E-state index is -1.07. The molecule has 0 aromatic heterocycles. The van der Waals surface area contributed by atoms with Gasteiger partial charge >= 0.3 is 11.9 Å². The van der Waals surface area contributed by atoms with Crippen molar-refractivity contribution >= 4 is 11.9 Å². The summed E-state index contributed by atoms with van der Waals surface area (Å²) in [5.74, 6) is -1.07. The van der Waals surface area contributed by atoms with Gasteiger partial charge in [-0.15, -0.1) is 0 Å². The molecule has 6 heteroatoms. The SMILES string of the molecule is Cc1ccc(C(=O)O[C@H]2CC(O)OC[C@H]2OC(=O)c2ccc(C)cc2)cc1. The second kappa shape index (κ2) is 8.33. The highest BCUT2D eigenvalue weighted by atomic mass is 16.6. The van der Waals surface area contributed by atoms with Gasteiger partial charge in [0.25, 0.3) is 0 Å². The molecule has 0 saturated carbocycles. The van der Waals surface area contributed by atoms with Gasteiger partial charge in [0.05, 0.1) is 17.7 Å². The van der Waals surface area contributed by atoms with E-state index in [-0.39, 0.29) is 13.0 Å². The van der Waals surface area contributed by atoms with E-state index < -0.39 is 30.4 Å². The van der Waals surface area contributed by atoms with E-state index in [1.54, 1.807) is 24.3 Å². The largest absolute Gasteiger partial charge is 0.455 e. The van der Waals surface area contributed by atoms with E-state index in [4.69, 9.17) is 14.2 Å². The van der Waals surface area contributed by atoms with Gasteiger partial charge in [0, 0.05) is 6.42 Å². The summed E-state index contributed by atoms with van der Waals surface area (Å²) in [6.07, 6.45) is -2.63. The molecule has 142 valence electrons. The number of hydrogen-bond donors (Lipinski definition) is 1. The number of aliphatic hydroxyl groups is 1. The maximum absolute atomic E-state index is 12.4. The van der Waals surface area contributed by atoms with Crippen LogP contribution in [0.1, 0.15) is 38.3 Å². The third-order valence-corrected chi connectivity index (χ3v) is 4.39. The van der Waals surface area contributed by atoms with Crippen LogP contribution in [0.3, 0.4) is 0 Å². The van der Waals surface area contributed by atoms with Crippen molar-refractivity contribution in [2.45, 2.75) is 38.8 Å². The Morgan fingerprint density at radius 3 is 1.78 bits per heavy atom. The molecule has 0 radical (unpaired) electrons. The van der Waals surface area contributed by atoms with Crippen LogP contribution < -0.4 is 0 Å². The molecule has 0 aliphatic carbocycles. The zero-order chi connectivity index (χ0) is 19.4. The smallest absolute Gasteiger partial charge is 0.338 e. The molecule has 3 atom stereocenters. The molecule has 0 spiro atoms. The highest BCUT2D eigenvalue weighted by molar-refractivity contribution is 5.90. The Balaban J connectivity index is 1.69. The van der Waals surface area contributed by atoms with E-state index in [0.29, 0.717) is 11.1 Å². The second-order valence-electron chi connectivity index (χ2n) is 6.64. The lowest BCUT2D eigenvalue weighted by Crippen LogP contribution is -2.46. The highest BCUT2D eigenvalue weighted by Gasteiger charge is 2.36. The zero-order valence-electron chi connectivity index (χ0n) is 15.3. The normalized spacial score (nSPS) is 22.1. The van der Waals surface area contributed by atoms with Crippen molar-refractivity contribution in [1.29, 1.82) is 0 Å². The molecule has 1 saturated heterocycles. The zero-order valence-corrected chi connectivity index (χ0v) is 15.3. The highest BCUT2D eigenvalue weighted by Crippen LogP contribution is 2.22. The Morgan fingerprint density at radius 1 is 0.852 bits per heavy atom. The number of aliphatic hydroxyl groups excluding tert-OH is 1. The van der Waals surface area contributed by atoms with Gasteiger partial charge in [0.1, 0.15) is 6.10 Å². The summed E-state index contributed by atoms with van der Waals surface area (Å²) in [5, 5.41) is 9.74. The average molecular weight is 370 g/mol. The van der Waals surface area contributed by atoms with E-state index in [0.717, 1.165) is 11.1 Å². The van der Waals surface area contributed by atoms with Gasteiger partial charge in [-0.1, -0.05) is 35.4 Å². The molecule has 1 N–H and O–H groups in total. The molecule has 6 nitrogen and oxygen atoms in total. The van der Waals surface area contributed by atoms with Crippen LogP contribution in [0.5, 0.6) is 0 Å². The number of carbonyl (C=O) groups excluding carboxylic acids is 2. The van der Waals surface area contributed by atoms with Gasteiger partial charge in [-0.05, 0) is 38.1 Å². The number of carbonyl (C=O) groups is 2. The minimum absolute atomic E-state index is 0.0312. The predicted octanol–water partition coefficient (Wildman–Crippen LogP) is 2.79. The van der Waals surface area contributed by atoms with Crippen molar-refractivity contribution in [3.05, 3.63) is 70.8 Å². The first-order valence-corrected chi connectivity index (χ1v) is 8.77. The fraction of sp³-hybridized carbons (Fsp3) is 0.333. The minimum Gasteiger partial charge on any atom is -0.455 e. The number of hydrogen-bond acceptors (Lipinski definition) is 6. The third-order valence-electron chi connectivity index (χ3n) is 4.39. The van der Waals surface area contributed by atoms with Crippen molar-refractivity contribution in [3.8, 4) is 0 Å². The molecule has 2 aromatic carbocycles. The van der Waals surface area contributed by atoms with E-state index >= 15 is 0 Å².